The topological polar surface area (TPSA) is 45.2 Å². The number of aromatic nitrogens is 1. The van der Waals surface area contributed by atoms with Gasteiger partial charge in [0, 0.05) is 23.2 Å². The second-order valence-corrected chi connectivity index (χ2v) is 6.94. The Morgan fingerprint density at radius 1 is 1.15 bits per heavy atom. The minimum absolute atomic E-state index is 0.0166. The van der Waals surface area contributed by atoms with Crippen molar-refractivity contribution in [2.45, 2.75) is 12.5 Å². The Bertz CT molecular complexity index is 905. The SMILES string of the molecule is CN(C)[C@H](CNC(=O)Cc1cccc2cccnc12)c1cccc(Cl)c1. The van der Waals surface area contributed by atoms with E-state index in [1.165, 1.54) is 0 Å². The summed E-state index contributed by atoms with van der Waals surface area (Å²) >= 11 is 6.11. The van der Waals surface area contributed by atoms with Crippen LogP contribution < -0.4 is 5.32 Å². The molecule has 4 nitrogen and oxygen atoms in total. The number of carbonyl (C=O) groups is 1. The standard InChI is InChI=1S/C21H22ClN3O/c1-25(2)19(16-7-4-10-18(22)12-16)14-24-20(26)13-17-8-3-6-15-9-5-11-23-21(15)17/h3-12,19H,13-14H2,1-2H3,(H,24,26)/t19-/m1/s1. The molecule has 0 aliphatic heterocycles. The Labute approximate surface area is 158 Å². The highest BCUT2D eigenvalue weighted by Gasteiger charge is 2.16. The first kappa shape index (κ1) is 18.4. The molecule has 5 heteroatoms. The number of likely N-dealkylation sites (N-methyl/N-ethyl adjacent to an activating group) is 1. The third-order valence-corrected chi connectivity index (χ3v) is 4.65. The quantitative estimate of drug-likeness (QED) is 0.719. The van der Waals surface area contributed by atoms with Gasteiger partial charge in [-0.2, -0.15) is 0 Å². The Morgan fingerprint density at radius 2 is 1.92 bits per heavy atom. The molecule has 1 N–H and O–H groups in total. The van der Waals surface area contributed by atoms with Crippen LogP contribution in [0.2, 0.25) is 5.02 Å². The second kappa shape index (κ2) is 8.30. The molecule has 0 fully saturated rings. The van der Waals surface area contributed by atoms with Crippen molar-refractivity contribution >= 4 is 28.4 Å². The number of pyridine rings is 1. The van der Waals surface area contributed by atoms with Crippen molar-refractivity contribution in [3.8, 4) is 0 Å². The molecule has 26 heavy (non-hydrogen) atoms. The summed E-state index contributed by atoms with van der Waals surface area (Å²) in [5.74, 6) is -0.0166. The molecular formula is C21H22ClN3O. The van der Waals surface area contributed by atoms with Gasteiger partial charge in [-0.3, -0.25) is 9.78 Å². The van der Waals surface area contributed by atoms with E-state index in [9.17, 15) is 4.79 Å². The van der Waals surface area contributed by atoms with Crippen LogP contribution >= 0.6 is 11.6 Å². The van der Waals surface area contributed by atoms with Crippen LogP contribution in [0.25, 0.3) is 10.9 Å². The molecule has 2 aromatic carbocycles. The van der Waals surface area contributed by atoms with Crippen molar-refractivity contribution in [2.75, 3.05) is 20.6 Å². The maximum atomic E-state index is 12.5. The molecule has 1 atom stereocenters. The summed E-state index contributed by atoms with van der Waals surface area (Å²) in [5, 5.41) is 4.78. The maximum absolute atomic E-state index is 12.5. The first-order chi connectivity index (χ1) is 12.5. The van der Waals surface area contributed by atoms with E-state index in [0.717, 1.165) is 22.0 Å². The van der Waals surface area contributed by atoms with Crippen molar-refractivity contribution < 1.29 is 4.79 Å². The summed E-state index contributed by atoms with van der Waals surface area (Å²) in [6.07, 6.45) is 2.06. The van der Waals surface area contributed by atoms with Crippen LogP contribution in [-0.4, -0.2) is 36.4 Å². The first-order valence-electron chi connectivity index (χ1n) is 8.56. The molecule has 0 aliphatic carbocycles. The van der Waals surface area contributed by atoms with Gasteiger partial charge in [-0.25, -0.2) is 0 Å². The van der Waals surface area contributed by atoms with Gasteiger partial charge in [0.25, 0.3) is 0 Å². The van der Waals surface area contributed by atoms with E-state index in [4.69, 9.17) is 11.6 Å². The van der Waals surface area contributed by atoms with Gasteiger partial charge in [0.05, 0.1) is 18.0 Å². The van der Waals surface area contributed by atoms with Crippen LogP contribution in [0.15, 0.2) is 60.8 Å². The number of hydrogen-bond donors (Lipinski definition) is 1. The molecule has 1 aromatic heterocycles. The molecule has 0 bridgehead atoms. The van der Waals surface area contributed by atoms with Gasteiger partial charge in [-0.15, -0.1) is 0 Å². The molecule has 3 aromatic rings. The number of benzene rings is 2. The average molecular weight is 368 g/mol. The highest BCUT2D eigenvalue weighted by atomic mass is 35.5. The largest absolute Gasteiger partial charge is 0.354 e. The normalized spacial score (nSPS) is 12.3. The average Bonchev–Trinajstić information content (AvgIpc) is 2.62. The van der Waals surface area contributed by atoms with E-state index in [-0.39, 0.29) is 11.9 Å². The summed E-state index contributed by atoms with van der Waals surface area (Å²) in [6.45, 7) is 0.518. The number of para-hydroxylation sites is 1. The summed E-state index contributed by atoms with van der Waals surface area (Å²) in [4.78, 5) is 19.0. The minimum Gasteiger partial charge on any atom is -0.354 e. The smallest absolute Gasteiger partial charge is 0.224 e. The van der Waals surface area contributed by atoms with Gasteiger partial charge in [0.15, 0.2) is 0 Å². The number of hydrogen-bond acceptors (Lipinski definition) is 3. The third kappa shape index (κ3) is 4.40. The lowest BCUT2D eigenvalue weighted by molar-refractivity contribution is -0.120. The van der Waals surface area contributed by atoms with Crippen molar-refractivity contribution in [1.82, 2.24) is 15.2 Å². The van der Waals surface area contributed by atoms with Gasteiger partial charge in [0.2, 0.25) is 5.91 Å². The number of carbonyl (C=O) groups excluding carboxylic acids is 1. The lowest BCUT2D eigenvalue weighted by Gasteiger charge is -2.25. The fourth-order valence-electron chi connectivity index (χ4n) is 3.07. The molecule has 1 amide bonds. The maximum Gasteiger partial charge on any atom is 0.224 e. The fraction of sp³-hybridized carbons (Fsp3) is 0.238. The van der Waals surface area contributed by atoms with Gasteiger partial charge in [0.1, 0.15) is 0 Å². The van der Waals surface area contributed by atoms with E-state index >= 15 is 0 Å². The van der Waals surface area contributed by atoms with Crippen LogP contribution in [-0.2, 0) is 11.2 Å². The van der Waals surface area contributed by atoms with E-state index < -0.39 is 0 Å². The summed E-state index contributed by atoms with van der Waals surface area (Å²) in [7, 11) is 3.98. The number of amides is 1. The number of nitrogens with one attached hydrogen (secondary N) is 1. The number of rotatable bonds is 6. The molecular weight excluding hydrogens is 346 g/mol. The van der Waals surface area contributed by atoms with E-state index in [1.54, 1.807) is 6.20 Å². The van der Waals surface area contributed by atoms with Crippen LogP contribution in [0.4, 0.5) is 0 Å². The van der Waals surface area contributed by atoms with Crippen molar-refractivity contribution in [2.24, 2.45) is 0 Å². The van der Waals surface area contributed by atoms with Gasteiger partial charge < -0.3 is 10.2 Å². The lowest BCUT2D eigenvalue weighted by atomic mass is 10.0. The molecule has 0 radical (unpaired) electrons. The predicted molar refractivity (Wildman–Crippen MR) is 106 cm³/mol. The summed E-state index contributed by atoms with van der Waals surface area (Å²) < 4.78 is 0. The Kier molecular flexibility index (Phi) is 5.86. The molecule has 0 aliphatic rings. The molecule has 0 saturated heterocycles. The minimum atomic E-state index is -0.0166. The summed E-state index contributed by atoms with van der Waals surface area (Å²) in [5.41, 5.74) is 2.89. The van der Waals surface area contributed by atoms with Crippen molar-refractivity contribution in [1.29, 1.82) is 0 Å². The zero-order valence-corrected chi connectivity index (χ0v) is 15.7. The van der Waals surface area contributed by atoms with Crippen LogP contribution in [0.5, 0.6) is 0 Å². The molecule has 134 valence electrons. The number of fused-ring (bicyclic) bond motifs is 1. The second-order valence-electron chi connectivity index (χ2n) is 6.51. The third-order valence-electron chi connectivity index (χ3n) is 4.42. The molecule has 0 saturated carbocycles. The number of halogens is 1. The van der Waals surface area contributed by atoms with Crippen molar-refractivity contribution in [3.63, 3.8) is 0 Å². The number of nitrogens with zero attached hydrogens (tertiary/aromatic N) is 2. The van der Waals surface area contributed by atoms with Crippen LogP contribution in [0.3, 0.4) is 0 Å². The molecule has 3 rings (SSSR count). The van der Waals surface area contributed by atoms with E-state index in [2.05, 4.69) is 15.2 Å². The molecule has 1 heterocycles. The zero-order chi connectivity index (χ0) is 18.5. The van der Waals surface area contributed by atoms with Crippen LogP contribution in [0.1, 0.15) is 17.2 Å². The van der Waals surface area contributed by atoms with Crippen molar-refractivity contribution in [3.05, 3.63) is 76.9 Å². The van der Waals surface area contributed by atoms with Gasteiger partial charge in [-0.1, -0.05) is 48.0 Å². The zero-order valence-electron chi connectivity index (χ0n) is 14.9. The highest BCUT2D eigenvalue weighted by molar-refractivity contribution is 6.30. The first-order valence-corrected chi connectivity index (χ1v) is 8.93. The van der Waals surface area contributed by atoms with E-state index in [0.29, 0.717) is 18.0 Å². The highest BCUT2D eigenvalue weighted by Crippen LogP contribution is 2.21. The Morgan fingerprint density at radius 3 is 2.69 bits per heavy atom. The molecule has 0 unspecified atom stereocenters. The Balaban J connectivity index is 1.69. The molecule has 0 spiro atoms. The van der Waals surface area contributed by atoms with Crippen LogP contribution in [0, 0.1) is 0 Å². The summed E-state index contributed by atoms with van der Waals surface area (Å²) in [6, 6.07) is 17.6. The van der Waals surface area contributed by atoms with E-state index in [1.807, 2.05) is 68.7 Å². The monoisotopic (exact) mass is 367 g/mol. The Hall–Kier alpha value is -2.43. The lowest BCUT2D eigenvalue weighted by Crippen LogP contribution is -2.35. The predicted octanol–water partition coefficient (Wildman–Crippen LogP) is 3.85. The fourth-order valence-corrected chi connectivity index (χ4v) is 3.27. The van der Waals surface area contributed by atoms with Gasteiger partial charge in [-0.05, 0) is 43.4 Å². The van der Waals surface area contributed by atoms with Gasteiger partial charge >= 0.3 is 0 Å².